The molecule has 0 radical (unpaired) electrons. The summed E-state index contributed by atoms with van der Waals surface area (Å²) in [7, 11) is 2.28. The van der Waals surface area contributed by atoms with Gasteiger partial charge in [0.1, 0.15) is 0 Å². The van der Waals surface area contributed by atoms with Crippen molar-refractivity contribution in [2.75, 3.05) is 13.6 Å². The third kappa shape index (κ3) is 3.67. The van der Waals surface area contributed by atoms with Crippen LogP contribution in [-0.4, -0.2) is 41.7 Å². The van der Waals surface area contributed by atoms with Crippen molar-refractivity contribution in [3.8, 4) is 0 Å². The van der Waals surface area contributed by atoms with Crippen molar-refractivity contribution < 1.29 is 5.11 Å². The Morgan fingerprint density at radius 1 is 1.33 bits per heavy atom. The van der Waals surface area contributed by atoms with Gasteiger partial charge in [0.05, 0.1) is 6.10 Å². The van der Waals surface area contributed by atoms with E-state index in [1.54, 1.807) is 0 Å². The number of aliphatic hydroxyl groups excluding tert-OH is 1. The maximum Gasteiger partial charge on any atom is 0.0914 e. The predicted octanol–water partition coefficient (Wildman–Crippen LogP) is 3.09. The minimum Gasteiger partial charge on any atom is -0.387 e. The fourth-order valence-electron chi connectivity index (χ4n) is 3.89. The van der Waals surface area contributed by atoms with Gasteiger partial charge in [0, 0.05) is 29.1 Å². The highest BCUT2D eigenvalue weighted by molar-refractivity contribution is 9.10. The van der Waals surface area contributed by atoms with Crippen molar-refractivity contribution >= 4 is 15.9 Å². The first-order chi connectivity index (χ1) is 10.1. The Bertz CT molecular complexity index is 468. The number of fused-ring (bicyclic) bond motifs is 2. The zero-order valence-electron chi connectivity index (χ0n) is 12.6. The first kappa shape index (κ1) is 15.5. The normalized spacial score (nSPS) is 31.1. The van der Waals surface area contributed by atoms with Crippen LogP contribution in [0.4, 0.5) is 0 Å². The van der Waals surface area contributed by atoms with E-state index >= 15 is 0 Å². The molecule has 3 nitrogen and oxygen atoms in total. The number of halogens is 1. The SMILES string of the molecule is CN1C2CCCC1CC(NCC(O)c1cccc(Br)c1)C2. The van der Waals surface area contributed by atoms with Gasteiger partial charge in [-0.15, -0.1) is 0 Å². The summed E-state index contributed by atoms with van der Waals surface area (Å²) in [5.74, 6) is 0. The van der Waals surface area contributed by atoms with Crippen LogP contribution < -0.4 is 5.32 Å². The molecular formula is C17H25BrN2O. The molecule has 2 heterocycles. The first-order valence-electron chi connectivity index (χ1n) is 8.02. The maximum atomic E-state index is 10.3. The van der Waals surface area contributed by atoms with Crippen molar-refractivity contribution in [2.24, 2.45) is 0 Å². The van der Waals surface area contributed by atoms with Crippen molar-refractivity contribution in [2.45, 2.75) is 56.3 Å². The second-order valence-electron chi connectivity index (χ2n) is 6.55. The highest BCUT2D eigenvalue weighted by Gasteiger charge is 2.35. The minimum absolute atomic E-state index is 0.429. The molecule has 0 aromatic heterocycles. The van der Waals surface area contributed by atoms with E-state index in [1.807, 2.05) is 24.3 Å². The van der Waals surface area contributed by atoms with Crippen LogP contribution in [0.25, 0.3) is 0 Å². The molecule has 0 amide bonds. The quantitative estimate of drug-likeness (QED) is 0.873. The highest BCUT2D eigenvalue weighted by atomic mass is 79.9. The lowest BCUT2D eigenvalue weighted by molar-refractivity contribution is 0.0446. The lowest BCUT2D eigenvalue weighted by Crippen LogP contribution is -2.54. The second-order valence-corrected chi connectivity index (χ2v) is 7.47. The average Bonchev–Trinajstić information content (AvgIpc) is 2.45. The van der Waals surface area contributed by atoms with Gasteiger partial charge in [-0.1, -0.05) is 34.5 Å². The summed E-state index contributed by atoms with van der Waals surface area (Å²) >= 11 is 3.46. The number of nitrogens with one attached hydrogen (secondary N) is 1. The number of aliphatic hydroxyl groups is 1. The molecule has 116 valence electrons. The van der Waals surface area contributed by atoms with Gasteiger partial charge < -0.3 is 15.3 Å². The standard InChI is InChI=1S/C17H25BrN2O/c1-20-15-6-3-7-16(20)10-14(9-15)19-11-17(21)12-4-2-5-13(18)8-12/h2,4-5,8,14-17,19,21H,3,6-7,9-11H2,1H3. The van der Waals surface area contributed by atoms with E-state index in [-0.39, 0.29) is 0 Å². The van der Waals surface area contributed by atoms with Gasteiger partial charge in [0.25, 0.3) is 0 Å². The predicted molar refractivity (Wildman–Crippen MR) is 89.3 cm³/mol. The number of hydrogen-bond donors (Lipinski definition) is 2. The number of piperidine rings is 2. The summed E-state index contributed by atoms with van der Waals surface area (Å²) in [5.41, 5.74) is 0.977. The molecule has 3 rings (SSSR count). The molecule has 21 heavy (non-hydrogen) atoms. The smallest absolute Gasteiger partial charge is 0.0914 e. The molecule has 2 N–H and O–H groups in total. The van der Waals surface area contributed by atoms with Crippen molar-refractivity contribution in [3.63, 3.8) is 0 Å². The molecule has 2 aliphatic rings. The van der Waals surface area contributed by atoms with E-state index in [0.29, 0.717) is 12.6 Å². The summed E-state index contributed by atoms with van der Waals surface area (Å²) in [5, 5.41) is 13.9. The third-order valence-electron chi connectivity index (χ3n) is 5.17. The lowest BCUT2D eigenvalue weighted by atomic mass is 9.82. The zero-order chi connectivity index (χ0) is 14.8. The molecule has 2 aliphatic heterocycles. The Morgan fingerprint density at radius 2 is 2.05 bits per heavy atom. The molecular weight excluding hydrogens is 328 g/mol. The molecule has 1 aromatic carbocycles. The van der Waals surface area contributed by atoms with Gasteiger partial charge in [-0.3, -0.25) is 0 Å². The van der Waals surface area contributed by atoms with Gasteiger partial charge in [-0.25, -0.2) is 0 Å². The Kier molecular flexibility index (Phi) is 4.99. The van der Waals surface area contributed by atoms with E-state index in [1.165, 1.54) is 32.1 Å². The summed E-state index contributed by atoms with van der Waals surface area (Å²) in [6.45, 7) is 0.643. The highest BCUT2D eigenvalue weighted by Crippen LogP contribution is 2.32. The molecule has 0 aliphatic carbocycles. The molecule has 2 bridgehead atoms. The maximum absolute atomic E-state index is 10.3. The van der Waals surface area contributed by atoms with Crippen LogP contribution in [0.15, 0.2) is 28.7 Å². The molecule has 0 spiro atoms. The van der Waals surface area contributed by atoms with Gasteiger partial charge >= 0.3 is 0 Å². The van der Waals surface area contributed by atoms with E-state index < -0.39 is 6.10 Å². The topological polar surface area (TPSA) is 35.5 Å². The molecule has 0 saturated carbocycles. The fourth-order valence-corrected chi connectivity index (χ4v) is 4.31. The fraction of sp³-hybridized carbons (Fsp3) is 0.647. The summed E-state index contributed by atoms with van der Waals surface area (Å²) in [6, 6.07) is 9.97. The van der Waals surface area contributed by atoms with Crippen molar-refractivity contribution in [1.82, 2.24) is 10.2 Å². The number of rotatable bonds is 4. The van der Waals surface area contributed by atoms with Crippen molar-refractivity contribution in [1.29, 1.82) is 0 Å². The van der Waals surface area contributed by atoms with E-state index in [9.17, 15) is 5.11 Å². The Labute approximate surface area is 135 Å². The summed E-state index contributed by atoms with van der Waals surface area (Å²) < 4.78 is 1.02. The molecule has 4 heteroatoms. The van der Waals surface area contributed by atoms with Gasteiger partial charge in [0.15, 0.2) is 0 Å². The molecule has 3 atom stereocenters. The van der Waals surface area contributed by atoms with E-state index in [4.69, 9.17) is 0 Å². The molecule has 2 saturated heterocycles. The second kappa shape index (κ2) is 6.78. The zero-order valence-corrected chi connectivity index (χ0v) is 14.2. The molecule has 3 unspecified atom stereocenters. The largest absolute Gasteiger partial charge is 0.387 e. The number of hydrogen-bond acceptors (Lipinski definition) is 3. The average molecular weight is 353 g/mol. The van der Waals surface area contributed by atoms with Crippen LogP contribution in [0.2, 0.25) is 0 Å². The van der Waals surface area contributed by atoms with Crippen LogP contribution >= 0.6 is 15.9 Å². The Balaban J connectivity index is 1.53. The monoisotopic (exact) mass is 352 g/mol. The third-order valence-corrected chi connectivity index (χ3v) is 5.67. The van der Waals surface area contributed by atoms with Crippen LogP contribution in [-0.2, 0) is 0 Å². The summed E-state index contributed by atoms with van der Waals surface area (Å²) in [4.78, 5) is 2.58. The van der Waals surface area contributed by atoms with Gasteiger partial charge in [-0.2, -0.15) is 0 Å². The Hall–Kier alpha value is -0.420. The van der Waals surface area contributed by atoms with Crippen LogP contribution in [0.1, 0.15) is 43.8 Å². The number of benzene rings is 1. The minimum atomic E-state index is -0.429. The van der Waals surface area contributed by atoms with Crippen LogP contribution in [0.3, 0.4) is 0 Å². The van der Waals surface area contributed by atoms with E-state index in [0.717, 1.165) is 22.1 Å². The van der Waals surface area contributed by atoms with E-state index in [2.05, 4.69) is 33.2 Å². The first-order valence-corrected chi connectivity index (χ1v) is 8.81. The summed E-state index contributed by atoms with van der Waals surface area (Å²) in [6.07, 6.45) is 6.06. The van der Waals surface area contributed by atoms with Gasteiger partial charge in [-0.05, 0) is 50.4 Å². The number of nitrogens with zero attached hydrogens (tertiary/aromatic N) is 1. The molecule has 1 aromatic rings. The van der Waals surface area contributed by atoms with Crippen LogP contribution in [0, 0.1) is 0 Å². The van der Waals surface area contributed by atoms with Crippen molar-refractivity contribution in [3.05, 3.63) is 34.3 Å². The molecule has 2 fully saturated rings. The lowest BCUT2D eigenvalue weighted by Gasteiger charge is -2.47. The van der Waals surface area contributed by atoms with Crippen LogP contribution in [0.5, 0.6) is 0 Å². The Morgan fingerprint density at radius 3 is 2.71 bits per heavy atom. The van der Waals surface area contributed by atoms with Gasteiger partial charge in [0.2, 0.25) is 0 Å².